The number of hydrogen-bond donors (Lipinski definition) is 1. The second kappa shape index (κ2) is 5.60. The topological polar surface area (TPSA) is 63.6 Å². The highest BCUT2D eigenvalue weighted by Gasteiger charge is 2.32. The Kier molecular flexibility index (Phi) is 4.56. The molecule has 0 saturated carbocycles. The van der Waals surface area contributed by atoms with E-state index in [1.165, 1.54) is 6.92 Å². The number of aromatic carboxylic acids is 1. The van der Waals surface area contributed by atoms with Crippen LogP contribution in [0.3, 0.4) is 0 Å². The molecule has 0 heterocycles. The molecule has 1 rings (SSSR count). The first-order valence-corrected chi connectivity index (χ1v) is 5.85. The first-order chi connectivity index (χ1) is 8.61. The van der Waals surface area contributed by atoms with Crippen molar-refractivity contribution in [3.8, 4) is 5.75 Å². The van der Waals surface area contributed by atoms with Crippen molar-refractivity contribution in [2.75, 3.05) is 0 Å². The zero-order chi connectivity index (χ0) is 14.8. The summed E-state index contributed by atoms with van der Waals surface area (Å²) in [6.07, 6.45) is -4.91. The summed E-state index contributed by atoms with van der Waals surface area (Å²) in [4.78, 5) is 21.9. The molecule has 1 unspecified atom stereocenters. The summed E-state index contributed by atoms with van der Waals surface area (Å²) in [7, 11) is 0. The summed E-state index contributed by atoms with van der Waals surface area (Å²) in [5.41, 5.74) is -0.732. The number of hydrogen-bond acceptors (Lipinski definition) is 3. The molecule has 0 aromatic heterocycles. The number of benzene rings is 1. The number of alkyl halides is 4. The third-order valence-corrected chi connectivity index (χ3v) is 2.50. The van der Waals surface area contributed by atoms with Crippen LogP contribution in [0.4, 0.5) is 13.2 Å². The largest absolute Gasteiger partial charge is 0.573 e. The highest BCUT2D eigenvalue weighted by molar-refractivity contribution is 9.10. The van der Waals surface area contributed by atoms with Crippen molar-refractivity contribution in [2.45, 2.75) is 18.1 Å². The first-order valence-electron chi connectivity index (χ1n) is 4.93. The van der Waals surface area contributed by atoms with Crippen molar-refractivity contribution < 1.29 is 32.6 Å². The minimum absolute atomic E-state index is 0.348. The van der Waals surface area contributed by atoms with Gasteiger partial charge in [0, 0.05) is 5.56 Å². The quantitative estimate of drug-likeness (QED) is 0.675. The molecule has 0 aliphatic rings. The Morgan fingerprint density at radius 1 is 1.32 bits per heavy atom. The fraction of sp³-hybridized carbons (Fsp3) is 0.273. The van der Waals surface area contributed by atoms with Gasteiger partial charge in [-0.05, 0) is 25.1 Å². The molecule has 0 aliphatic heterocycles. The van der Waals surface area contributed by atoms with Crippen LogP contribution in [0.25, 0.3) is 0 Å². The molecule has 0 bridgehead atoms. The highest BCUT2D eigenvalue weighted by atomic mass is 79.9. The van der Waals surface area contributed by atoms with Crippen LogP contribution in [0, 0.1) is 0 Å². The van der Waals surface area contributed by atoms with Gasteiger partial charge < -0.3 is 9.84 Å². The average Bonchev–Trinajstić information content (AvgIpc) is 2.25. The maximum atomic E-state index is 12.1. The summed E-state index contributed by atoms with van der Waals surface area (Å²) >= 11 is 2.94. The number of carboxylic acids is 1. The van der Waals surface area contributed by atoms with Gasteiger partial charge in [0.1, 0.15) is 5.75 Å². The van der Waals surface area contributed by atoms with Crippen molar-refractivity contribution in [3.05, 3.63) is 29.3 Å². The van der Waals surface area contributed by atoms with Crippen LogP contribution in [0.1, 0.15) is 27.6 Å². The van der Waals surface area contributed by atoms with E-state index in [4.69, 9.17) is 5.11 Å². The number of Topliss-reactive ketones (excluding diaryl/α,β-unsaturated/α-hetero) is 1. The smallest absolute Gasteiger partial charge is 0.478 e. The lowest BCUT2D eigenvalue weighted by atomic mass is 10.0. The fourth-order valence-electron chi connectivity index (χ4n) is 1.33. The number of ether oxygens (including phenoxy) is 1. The molecule has 1 aromatic rings. The van der Waals surface area contributed by atoms with Crippen LogP contribution >= 0.6 is 15.9 Å². The molecule has 1 aromatic carbocycles. The fourth-order valence-corrected chi connectivity index (χ4v) is 1.57. The van der Waals surface area contributed by atoms with Crippen molar-refractivity contribution >= 4 is 27.7 Å². The standard InChI is InChI=1S/C11H8BrF3O4/c1-5(12)9(16)8-4-6(19-11(13,14)15)2-3-7(8)10(17)18/h2-5H,1H3,(H,17,18). The molecule has 1 atom stereocenters. The van der Waals surface area contributed by atoms with Gasteiger partial charge in [-0.15, -0.1) is 13.2 Å². The van der Waals surface area contributed by atoms with Crippen molar-refractivity contribution in [3.63, 3.8) is 0 Å². The second-order valence-corrected chi connectivity index (χ2v) is 4.91. The van der Waals surface area contributed by atoms with Crippen LogP contribution in [0.5, 0.6) is 5.75 Å². The summed E-state index contributed by atoms with van der Waals surface area (Å²) in [5.74, 6) is -2.70. The number of halogens is 4. The molecule has 1 N–H and O–H groups in total. The zero-order valence-electron chi connectivity index (χ0n) is 9.49. The van der Waals surface area contributed by atoms with E-state index in [0.717, 1.165) is 18.2 Å². The van der Waals surface area contributed by atoms with Gasteiger partial charge in [-0.2, -0.15) is 0 Å². The Morgan fingerprint density at radius 2 is 1.89 bits per heavy atom. The van der Waals surface area contributed by atoms with Gasteiger partial charge in [0.15, 0.2) is 5.78 Å². The third-order valence-electron chi connectivity index (χ3n) is 2.08. The molecule has 0 saturated heterocycles. The Bertz CT molecular complexity index is 511. The summed E-state index contributed by atoms with van der Waals surface area (Å²) in [5, 5.41) is 8.89. The lowest BCUT2D eigenvalue weighted by Crippen LogP contribution is -2.19. The predicted octanol–water partition coefficient (Wildman–Crippen LogP) is 3.25. The molecule has 0 radical (unpaired) electrons. The van der Waals surface area contributed by atoms with Gasteiger partial charge in [0.25, 0.3) is 0 Å². The molecule has 0 spiro atoms. The molecule has 0 amide bonds. The summed E-state index contributed by atoms with van der Waals surface area (Å²) < 4.78 is 39.8. The first kappa shape index (κ1) is 15.5. The van der Waals surface area contributed by atoms with E-state index in [-0.39, 0.29) is 11.1 Å². The van der Waals surface area contributed by atoms with Crippen LogP contribution in [-0.4, -0.2) is 28.0 Å². The summed E-state index contributed by atoms with van der Waals surface area (Å²) in [6, 6.07) is 2.50. The monoisotopic (exact) mass is 340 g/mol. The molecular formula is C11H8BrF3O4. The van der Waals surface area contributed by atoms with E-state index in [1.807, 2.05) is 0 Å². The molecule has 4 nitrogen and oxygen atoms in total. The molecule has 0 fully saturated rings. The average molecular weight is 341 g/mol. The molecule has 0 aliphatic carbocycles. The normalized spacial score (nSPS) is 12.9. The van der Waals surface area contributed by atoms with Gasteiger partial charge in [-0.3, -0.25) is 4.79 Å². The molecule has 104 valence electrons. The van der Waals surface area contributed by atoms with Gasteiger partial charge >= 0.3 is 12.3 Å². The molecule has 8 heteroatoms. The number of carboxylic acid groups (broad SMARTS) is 1. The maximum absolute atomic E-state index is 12.1. The Hall–Kier alpha value is -1.57. The van der Waals surface area contributed by atoms with Crippen molar-refractivity contribution in [1.82, 2.24) is 0 Å². The van der Waals surface area contributed by atoms with E-state index in [1.54, 1.807) is 0 Å². The van der Waals surface area contributed by atoms with E-state index in [9.17, 15) is 22.8 Å². The molecular weight excluding hydrogens is 333 g/mol. The Labute approximate surface area is 114 Å². The number of carbonyl (C=O) groups excluding carboxylic acids is 1. The minimum Gasteiger partial charge on any atom is -0.478 e. The highest BCUT2D eigenvalue weighted by Crippen LogP contribution is 2.26. The summed E-state index contributed by atoms with van der Waals surface area (Å²) in [6.45, 7) is 1.44. The number of rotatable bonds is 4. The number of ketones is 1. The Balaban J connectivity index is 3.26. The van der Waals surface area contributed by atoms with E-state index in [2.05, 4.69) is 20.7 Å². The number of carbonyl (C=O) groups is 2. The minimum atomic E-state index is -4.91. The Morgan fingerprint density at radius 3 is 2.32 bits per heavy atom. The van der Waals surface area contributed by atoms with E-state index >= 15 is 0 Å². The van der Waals surface area contributed by atoms with Gasteiger partial charge in [-0.25, -0.2) is 4.79 Å². The second-order valence-electron chi connectivity index (χ2n) is 3.54. The predicted molar refractivity (Wildman–Crippen MR) is 62.8 cm³/mol. The lowest BCUT2D eigenvalue weighted by Gasteiger charge is -2.12. The van der Waals surface area contributed by atoms with E-state index < -0.39 is 28.7 Å². The van der Waals surface area contributed by atoms with Crippen LogP contribution in [0.2, 0.25) is 0 Å². The van der Waals surface area contributed by atoms with Gasteiger partial charge in [0.05, 0.1) is 10.4 Å². The van der Waals surface area contributed by atoms with Crippen molar-refractivity contribution in [1.29, 1.82) is 0 Å². The van der Waals surface area contributed by atoms with Crippen LogP contribution < -0.4 is 4.74 Å². The van der Waals surface area contributed by atoms with Crippen LogP contribution in [0.15, 0.2) is 18.2 Å². The van der Waals surface area contributed by atoms with Gasteiger partial charge in [0.2, 0.25) is 0 Å². The van der Waals surface area contributed by atoms with E-state index in [0.29, 0.717) is 0 Å². The third kappa shape index (κ3) is 4.23. The van der Waals surface area contributed by atoms with Crippen LogP contribution in [-0.2, 0) is 0 Å². The van der Waals surface area contributed by atoms with Gasteiger partial charge in [-0.1, -0.05) is 15.9 Å². The SMILES string of the molecule is CC(Br)C(=O)c1cc(OC(F)(F)F)ccc1C(=O)O. The zero-order valence-corrected chi connectivity index (χ0v) is 11.1. The lowest BCUT2D eigenvalue weighted by molar-refractivity contribution is -0.274. The van der Waals surface area contributed by atoms with Crippen molar-refractivity contribution in [2.24, 2.45) is 0 Å². The maximum Gasteiger partial charge on any atom is 0.573 e. The molecule has 19 heavy (non-hydrogen) atoms.